The van der Waals surface area contributed by atoms with Crippen molar-refractivity contribution < 1.29 is 9.13 Å². The first-order chi connectivity index (χ1) is 9.61. The molecule has 0 heterocycles. The summed E-state index contributed by atoms with van der Waals surface area (Å²) in [6, 6.07) is 12.3. The highest BCUT2D eigenvalue weighted by Crippen LogP contribution is 2.26. The Morgan fingerprint density at radius 1 is 1.25 bits per heavy atom. The van der Waals surface area contributed by atoms with Crippen LogP contribution in [-0.2, 0) is 6.61 Å². The van der Waals surface area contributed by atoms with Gasteiger partial charge in [0.15, 0.2) is 0 Å². The van der Waals surface area contributed by atoms with Gasteiger partial charge in [0.2, 0.25) is 0 Å². The van der Waals surface area contributed by atoms with Crippen molar-refractivity contribution in [3.8, 4) is 5.75 Å². The standard InChI is InChI=1S/C16H17ClFNO/c1-11(19-2)14-5-3-4-6-16(14)20-10-12-9-13(17)7-8-15(12)18/h3-9,11,19H,10H2,1-2H3. The normalized spacial score (nSPS) is 12.2. The zero-order valence-electron chi connectivity index (χ0n) is 11.5. The quantitative estimate of drug-likeness (QED) is 0.885. The van der Waals surface area contributed by atoms with Crippen molar-refractivity contribution in [3.05, 3.63) is 64.4 Å². The first kappa shape index (κ1) is 14.8. The van der Waals surface area contributed by atoms with Gasteiger partial charge in [0.05, 0.1) is 0 Å². The summed E-state index contributed by atoms with van der Waals surface area (Å²) < 4.78 is 19.4. The van der Waals surface area contributed by atoms with E-state index in [9.17, 15) is 4.39 Å². The summed E-state index contributed by atoms with van der Waals surface area (Å²) in [5.74, 6) is 0.433. The van der Waals surface area contributed by atoms with Crippen molar-refractivity contribution in [3.63, 3.8) is 0 Å². The van der Waals surface area contributed by atoms with E-state index in [0.29, 0.717) is 10.6 Å². The Morgan fingerprint density at radius 2 is 2.00 bits per heavy atom. The number of para-hydroxylation sites is 1. The van der Waals surface area contributed by atoms with Gasteiger partial charge < -0.3 is 10.1 Å². The molecule has 0 radical (unpaired) electrons. The fourth-order valence-electron chi connectivity index (χ4n) is 1.93. The minimum absolute atomic E-state index is 0.153. The Labute approximate surface area is 123 Å². The number of rotatable bonds is 5. The maximum absolute atomic E-state index is 13.6. The molecule has 1 unspecified atom stereocenters. The predicted molar refractivity (Wildman–Crippen MR) is 79.7 cm³/mol. The lowest BCUT2D eigenvalue weighted by molar-refractivity contribution is 0.294. The highest BCUT2D eigenvalue weighted by molar-refractivity contribution is 6.30. The van der Waals surface area contributed by atoms with E-state index in [2.05, 4.69) is 5.32 Å². The van der Waals surface area contributed by atoms with Crippen LogP contribution in [-0.4, -0.2) is 7.05 Å². The zero-order chi connectivity index (χ0) is 14.5. The zero-order valence-corrected chi connectivity index (χ0v) is 12.2. The summed E-state index contributed by atoms with van der Waals surface area (Å²) in [5, 5.41) is 3.67. The maximum atomic E-state index is 13.6. The first-order valence-electron chi connectivity index (χ1n) is 6.44. The molecule has 0 aliphatic rings. The Balaban J connectivity index is 2.17. The Kier molecular flexibility index (Phi) is 4.99. The predicted octanol–water partition coefficient (Wildman–Crippen LogP) is 4.34. The third-order valence-corrected chi connectivity index (χ3v) is 3.44. The van der Waals surface area contributed by atoms with Crippen LogP contribution in [0.2, 0.25) is 5.02 Å². The number of nitrogens with one attached hydrogen (secondary N) is 1. The van der Waals surface area contributed by atoms with E-state index in [1.54, 1.807) is 6.07 Å². The summed E-state index contributed by atoms with van der Waals surface area (Å²) in [5.41, 5.74) is 1.49. The van der Waals surface area contributed by atoms with Gasteiger partial charge >= 0.3 is 0 Å². The Morgan fingerprint density at radius 3 is 2.75 bits per heavy atom. The molecule has 0 aromatic heterocycles. The molecule has 2 aromatic carbocycles. The molecule has 2 nitrogen and oxygen atoms in total. The van der Waals surface area contributed by atoms with Crippen molar-refractivity contribution in [2.24, 2.45) is 0 Å². The van der Waals surface area contributed by atoms with Crippen molar-refractivity contribution in [2.75, 3.05) is 7.05 Å². The highest BCUT2D eigenvalue weighted by atomic mass is 35.5. The largest absolute Gasteiger partial charge is 0.488 e. The average molecular weight is 294 g/mol. The average Bonchev–Trinajstić information content (AvgIpc) is 2.47. The lowest BCUT2D eigenvalue weighted by atomic mass is 10.1. The topological polar surface area (TPSA) is 21.3 Å². The van der Waals surface area contributed by atoms with E-state index in [-0.39, 0.29) is 18.5 Å². The fraction of sp³-hybridized carbons (Fsp3) is 0.250. The summed E-state index contributed by atoms with van der Waals surface area (Å²) in [6.07, 6.45) is 0. The minimum Gasteiger partial charge on any atom is -0.488 e. The fourth-order valence-corrected chi connectivity index (χ4v) is 2.13. The van der Waals surface area contributed by atoms with Crippen LogP contribution in [0.3, 0.4) is 0 Å². The van der Waals surface area contributed by atoms with E-state index < -0.39 is 0 Å². The number of hydrogen-bond acceptors (Lipinski definition) is 2. The van der Waals surface area contributed by atoms with Crippen molar-refractivity contribution >= 4 is 11.6 Å². The second-order valence-corrected chi connectivity index (χ2v) is 5.01. The van der Waals surface area contributed by atoms with Crippen LogP contribution in [0.15, 0.2) is 42.5 Å². The number of benzene rings is 2. The minimum atomic E-state index is -0.312. The van der Waals surface area contributed by atoms with Crippen LogP contribution in [0.4, 0.5) is 4.39 Å². The van der Waals surface area contributed by atoms with Crippen LogP contribution in [0.25, 0.3) is 0 Å². The van der Waals surface area contributed by atoms with Crippen molar-refractivity contribution in [1.29, 1.82) is 0 Å². The van der Waals surface area contributed by atoms with E-state index in [1.807, 2.05) is 38.2 Å². The summed E-state index contributed by atoms with van der Waals surface area (Å²) in [7, 11) is 1.89. The molecule has 20 heavy (non-hydrogen) atoms. The van der Waals surface area contributed by atoms with Crippen LogP contribution >= 0.6 is 11.6 Å². The molecule has 4 heteroatoms. The lowest BCUT2D eigenvalue weighted by Crippen LogP contribution is -2.13. The van der Waals surface area contributed by atoms with Gasteiger partial charge in [0.25, 0.3) is 0 Å². The van der Waals surface area contributed by atoms with Crippen LogP contribution in [0.1, 0.15) is 24.1 Å². The van der Waals surface area contributed by atoms with Gasteiger partial charge in [-0.15, -0.1) is 0 Å². The van der Waals surface area contributed by atoms with Gasteiger partial charge in [0.1, 0.15) is 18.2 Å². The number of ether oxygens (including phenoxy) is 1. The molecular formula is C16H17ClFNO. The van der Waals surface area contributed by atoms with Crippen molar-refractivity contribution in [2.45, 2.75) is 19.6 Å². The van der Waals surface area contributed by atoms with E-state index >= 15 is 0 Å². The summed E-state index contributed by atoms with van der Waals surface area (Å²) in [6.45, 7) is 2.20. The molecule has 0 bridgehead atoms. The van der Waals surface area contributed by atoms with Crippen LogP contribution < -0.4 is 10.1 Å². The van der Waals surface area contributed by atoms with Gasteiger partial charge in [-0.1, -0.05) is 29.8 Å². The molecule has 2 rings (SSSR count). The van der Waals surface area contributed by atoms with E-state index in [0.717, 1.165) is 11.3 Å². The molecule has 1 N–H and O–H groups in total. The van der Waals surface area contributed by atoms with Crippen LogP contribution in [0.5, 0.6) is 5.75 Å². The SMILES string of the molecule is CNC(C)c1ccccc1OCc1cc(Cl)ccc1F. The van der Waals surface area contributed by atoms with Gasteiger partial charge in [-0.2, -0.15) is 0 Å². The second kappa shape index (κ2) is 6.73. The molecule has 0 aliphatic heterocycles. The Hall–Kier alpha value is -1.58. The third-order valence-electron chi connectivity index (χ3n) is 3.21. The molecule has 106 valence electrons. The first-order valence-corrected chi connectivity index (χ1v) is 6.82. The molecule has 0 saturated carbocycles. The number of hydrogen-bond donors (Lipinski definition) is 1. The van der Waals surface area contributed by atoms with Gasteiger partial charge in [-0.05, 0) is 38.2 Å². The second-order valence-electron chi connectivity index (χ2n) is 4.57. The van der Waals surface area contributed by atoms with Gasteiger partial charge in [-0.3, -0.25) is 0 Å². The van der Waals surface area contributed by atoms with Gasteiger partial charge in [-0.25, -0.2) is 4.39 Å². The lowest BCUT2D eigenvalue weighted by Gasteiger charge is -2.16. The van der Waals surface area contributed by atoms with E-state index in [1.165, 1.54) is 12.1 Å². The number of halogens is 2. The molecule has 1 atom stereocenters. The van der Waals surface area contributed by atoms with E-state index in [4.69, 9.17) is 16.3 Å². The van der Waals surface area contributed by atoms with Gasteiger partial charge in [0, 0.05) is 22.2 Å². The summed E-state index contributed by atoms with van der Waals surface area (Å²) >= 11 is 5.87. The molecule has 0 spiro atoms. The molecular weight excluding hydrogens is 277 g/mol. The highest BCUT2D eigenvalue weighted by Gasteiger charge is 2.10. The third kappa shape index (κ3) is 3.50. The van der Waals surface area contributed by atoms with Crippen molar-refractivity contribution in [1.82, 2.24) is 5.32 Å². The smallest absolute Gasteiger partial charge is 0.129 e. The monoisotopic (exact) mass is 293 g/mol. The molecule has 0 amide bonds. The molecule has 0 aliphatic carbocycles. The Bertz CT molecular complexity index is 588. The molecule has 0 saturated heterocycles. The van der Waals surface area contributed by atoms with Crippen LogP contribution in [0, 0.1) is 5.82 Å². The summed E-state index contributed by atoms with van der Waals surface area (Å²) in [4.78, 5) is 0. The molecule has 2 aromatic rings. The maximum Gasteiger partial charge on any atom is 0.129 e. The molecule has 0 fully saturated rings.